The van der Waals surface area contributed by atoms with E-state index in [0.717, 1.165) is 5.69 Å². The number of H-pyrrole nitrogens is 1. The third kappa shape index (κ3) is 2.77. The SMILES string of the molecule is CN1C(=O)c2cccc3c(S(=O)(=O)N4CCC([C@@H](O)c5ncc[nH]5)CC4)ccc1c23. The third-order valence-corrected chi connectivity index (χ3v) is 8.19. The molecule has 30 heavy (non-hydrogen) atoms. The van der Waals surface area contributed by atoms with E-state index in [0.29, 0.717) is 48.1 Å². The number of nitrogens with zero attached hydrogens (tertiary/aromatic N) is 3. The summed E-state index contributed by atoms with van der Waals surface area (Å²) in [4.78, 5) is 21.3. The molecule has 2 aliphatic heterocycles. The molecule has 1 aromatic heterocycles. The summed E-state index contributed by atoms with van der Waals surface area (Å²) < 4.78 is 28.4. The molecular weight excluding hydrogens is 404 g/mol. The lowest BCUT2D eigenvalue weighted by atomic mass is 9.92. The van der Waals surface area contributed by atoms with Gasteiger partial charge in [0.25, 0.3) is 5.91 Å². The molecule has 1 fully saturated rings. The number of carbonyl (C=O) groups is 1. The van der Waals surface area contributed by atoms with Gasteiger partial charge in [-0.15, -0.1) is 0 Å². The minimum absolute atomic E-state index is 0.0540. The third-order valence-electron chi connectivity index (χ3n) is 6.24. The molecule has 2 aliphatic rings. The fraction of sp³-hybridized carbons (Fsp3) is 0.333. The van der Waals surface area contributed by atoms with E-state index in [-0.39, 0.29) is 16.7 Å². The summed E-state index contributed by atoms with van der Waals surface area (Å²) >= 11 is 0. The normalized spacial score (nSPS) is 19.0. The summed E-state index contributed by atoms with van der Waals surface area (Å²) in [6.07, 6.45) is 3.61. The first-order valence-corrected chi connectivity index (χ1v) is 11.3. The van der Waals surface area contributed by atoms with Crippen molar-refractivity contribution in [1.82, 2.24) is 14.3 Å². The molecule has 0 aliphatic carbocycles. The molecule has 0 radical (unpaired) electrons. The second-order valence-electron chi connectivity index (χ2n) is 7.84. The van der Waals surface area contributed by atoms with Crippen LogP contribution in [-0.4, -0.2) is 53.8 Å². The van der Waals surface area contributed by atoms with Gasteiger partial charge >= 0.3 is 0 Å². The number of benzene rings is 2. The topological polar surface area (TPSA) is 107 Å². The highest BCUT2D eigenvalue weighted by atomic mass is 32.2. The van der Waals surface area contributed by atoms with Gasteiger partial charge < -0.3 is 15.0 Å². The minimum Gasteiger partial charge on any atom is -0.385 e. The van der Waals surface area contributed by atoms with Crippen LogP contribution >= 0.6 is 0 Å². The Morgan fingerprint density at radius 3 is 2.67 bits per heavy atom. The summed E-state index contributed by atoms with van der Waals surface area (Å²) in [5.41, 5.74) is 1.26. The van der Waals surface area contributed by atoms with Gasteiger partial charge in [0.2, 0.25) is 10.0 Å². The van der Waals surface area contributed by atoms with Crippen molar-refractivity contribution in [2.24, 2.45) is 5.92 Å². The molecule has 2 N–H and O–H groups in total. The number of imidazole rings is 1. The summed E-state index contributed by atoms with van der Waals surface area (Å²) in [6, 6.07) is 8.51. The number of amides is 1. The van der Waals surface area contributed by atoms with Crippen molar-refractivity contribution in [3.05, 3.63) is 54.1 Å². The first-order valence-electron chi connectivity index (χ1n) is 9.91. The molecule has 5 rings (SSSR count). The molecule has 0 spiro atoms. The van der Waals surface area contributed by atoms with Gasteiger partial charge in [0.15, 0.2) is 0 Å². The standard InChI is InChI=1S/C21H22N4O4S/c1-24-16-5-6-17(14-3-2-4-15(18(14)16)21(24)27)30(28,29)25-11-7-13(8-12-25)19(26)20-22-9-10-23-20/h2-6,9-10,13,19,26H,7-8,11-12H2,1H3,(H,22,23)/t19-/m1/s1. The molecule has 0 bridgehead atoms. The van der Waals surface area contributed by atoms with Crippen molar-refractivity contribution in [3.63, 3.8) is 0 Å². The Morgan fingerprint density at radius 1 is 1.20 bits per heavy atom. The molecule has 1 atom stereocenters. The Kier molecular flexibility index (Phi) is 4.42. The average molecular weight is 426 g/mol. The number of piperidine rings is 1. The van der Waals surface area contributed by atoms with Gasteiger partial charge in [0.1, 0.15) is 11.9 Å². The second-order valence-corrected chi connectivity index (χ2v) is 9.74. The van der Waals surface area contributed by atoms with Gasteiger partial charge in [-0.05, 0) is 37.0 Å². The number of carbonyl (C=O) groups excluding carboxylic acids is 1. The average Bonchev–Trinajstić information content (AvgIpc) is 3.38. The van der Waals surface area contributed by atoms with Crippen LogP contribution in [-0.2, 0) is 10.0 Å². The molecule has 8 nitrogen and oxygen atoms in total. The van der Waals surface area contributed by atoms with E-state index in [1.165, 1.54) is 4.31 Å². The molecule has 0 unspecified atom stereocenters. The van der Waals surface area contributed by atoms with Crippen LogP contribution in [0.15, 0.2) is 47.6 Å². The van der Waals surface area contributed by atoms with Gasteiger partial charge in [0.05, 0.1) is 10.6 Å². The van der Waals surface area contributed by atoms with Crippen LogP contribution < -0.4 is 4.90 Å². The second kappa shape index (κ2) is 6.90. The summed E-state index contributed by atoms with van der Waals surface area (Å²) in [6.45, 7) is 0.652. The Labute approximate surface area is 174 Å². The number of anilines is 1. The monoisotopic (exact) mass is 426 g/mol. The molecule has 9 heteroatoms. The highest BCUT2D eigenvalue weighted by molar-refractivity contribution is 7.89. The van der Waals surface area contributed by atoms with E-state index in [1.54, 1.807) is 54.7 Å². The first kappa shape index (κ1) is 19.2. The van der Waals surface area contributed by atoms with Gasteiger partial charge in [-0.3, -0.25) is 4.79 Å². The number of aromatic amines is 1. The van der Waals surface area contributed by atoms with Gasteiger partial charge in [0, 0.05) is 48.9 Å². The smallest absolute Gasteiger partial charge is 0.258 e. The van der Waals surface area contributed by atoms with E-state index in [4.69, 9.17) is 0 Å². The predicted octanol–water partition coefficient (Wildman–Crippen LogP) is 2.29. The van der Waals surface area contributed by atoms with E-state index < -0.39 is 16.1 Å². The molecule has 1 saturated heterocycles. The van der Waals surface area contributed by atoms with Gasteiger partial charge in [-0.1, -0.05) is 12.1 Å². The number of rotatable bonds is 4. The molecule has 156 valence electrons. The Bertz CT molecular complexity index is 1230. The van der Waals surface area contributed by atoms with Gasteiger partial charge in [-0.25, -0.2) is 13.4 Å². The maximum absolute atomic E-state index is 13.5. The molecule has 2 aromatic carbocycles. The molecule has 3 heterocycles. The minimum atomic E-state index is -3.73. The van der Waals surface area contributed by atoms with Crippen molar-refractivity contribution in [2.75, 3.05) is 25.0 Å². The summed E-state index contributed by atoms with van der Waals surface area (Å²) in [7, 11) is -2.04. The van der Waals surface area contributed by atoms with Crippen LogP contribution in [0.5, 0.6) is 0 Å². The summed E-state index contributed by atoms with van der Waals surface area (Å²) in [5, 5.41) is 11.8. The lowest BCUT2D eigenvalue weighted by Crippen LogP contribution is -2.39. The zero-order valence-electron chi connectivity index (χ0n) is 16.4. The Balaban J connectivity index is 1.45. The predicted molar refractivity (Wildman–Crippen MR) is 112 cm³/mol. The van der Waals surface area contributed by atoms with E-state index >= 15 is 0 Å². The fourth-order valence-electron chi connectivity index (χ4n) is 4.57. The maximum Gasteiger partial charge on any atom is 0.258 e. The van der Waals surface area contributed by atoms with Crippen molar-refractivity contribution < 1.29 is 18.3 Å². The fourth-order valence-corrected chi connectivity index (χ4v) is 6.23. The van der Waals surface area contributed by atoms with Crippen molar-refractivity contribution in [1.29, 1.82) is 0 Å². The number of hydrogen-bond donors (Lipinski definition) is 2. The number of sulfonamides is 1. The number of nitrogens with one attached hydrogen (secondary N) is 1. The molecule has 3 aromatic rings. The van der Waals surface area contributed by atoms with Crippen LogP contribution in [0.25, 0.3) is 10.8 Å². The van der Waals surface area contributed by atoms with Gasteiger partial charge in [-0.2, -0.15) is 4.31 Å². The van der Waals surface area contributed by atoms with Crippen LogP contribution in [0, 0.1) is 5.92 Å². The number of hydrogen-bond acceptors (Lipinski definition) is 5. The largest absolute Gasteiger partial charge is 0.385 e. The summed E-state index contributed by atoms with van der Waals surface area (Å²) in [5.74, 6) is 0.331. The van der Waals surface area contributed by atoms with Crippen molar-refractivity contribution in [2.45, 2.75) is 23.8 Å². The van der Waals surface area contributed by atoms with E-state index in [2.05, 4.69) is 9.97 Å². The van der Waals surface area contributed by atoms with E-state index in [1.807, 2.05) is 0 Å². The van der Waals surface area contributed by atoms with Crippen LogP contribution in [0.4, 0.5) is 5.69 Å². The zero-order chi connectivity index (χ0) is 21.0. The van der Waals surface area contributed by atoms with Crippen LogP contribution in [0.1, 0.15) is 35.1 Å². The highest BCUT2D eigenvalue weighted by Crippen LogP contribution is 2.40. The number of aromatic nitrogens is 2. The Morgan fingerprint density at radius 2 is 1.97 bits per heavy atom. The number of aliphatic hydroxyl groups excluding tert-OH is 1. The number of aliphatic hydroxyl groups is 1. The van der Waals surface area contributed by atoms with Crippen molar-refractivity contribution in [3.8, 4) is 0 Å². The Hall–Kier alpha value is -2.75. The lowest BCUT2D eigenvalue weighted by Gasteiger charge is -2.33. The molecule has 1 amide bonds. The molecule has 0 saturated carbocycles. The first-order chi connectivity index (χ1) is 14.4. The lowest BCUT2D eigenvalue weighted by molar-refractivity contribution is 0.0696. The van der Waals surface area contributed by atoms with Crippen LogP contribution in [0.2, 0.25) is 0 Å². The molecular formula is C21H22N4O4S. The maximum atomic E-state index is 13.5. The van der Waals surface area contributed by atoms with Crippen LogP contribution in [0.3, 0.4) is 0 Å². The quantitative estimate of drug-likeness (QED) is 0.666. The van der Waals surface area contributed by atoms with E-state index in [9.17, 15) is 18.3 Å². The zero-order valence-corrected chi connectivity index (χ0v) is 17.3. The highest BCUT2D eigenvalue weighted by Gasteiger charge is 2.36. The van der Waals surface area contributed by atoms with Crippen molar-refractivity contribution >= 4 is 32.4 Å².